The third kappa shape index (κ3) is 2.68. The lowest BCUT2D eigenvalue weighted by Crippen LogP contribution is -2.19. The molecule has 0 saturated heterocycles. The molecular weight excluding hydrogens is 218 g/mol. The molecule has 2 rings (SSSR count). The number of hydrogen-bond donors (Lipinski definition) is 4. The molecule has 0 fully saturated rings. The third-order valence-electron chi connectivity index (χ3n) is 2.82. The van der Waals surface area contributed by atoms with E-state index in [-0.39, 0.29) is 12.5 Å². The van der Waals surface area contributed by atoms with Crippen LogP contribution in [-0.4, -0.2) is 24.2 Å². The van der Waals surface area contributed by atoms with E-state index in [0.717, 1.165) is 23.4 Å². The lowest BCUT2D eigenvalue weighted by molar-refractivity contribution is -0.116. The van der Waals surface area contributed by atoms with Crippen LogP contribution in [-0.2, 0) is 11.2 Å². The van der Waals surface area contributed by atoms with E-state index in [0.29, 0.717) is 25.1 Å². The summed E-state index contributed by atoms with van der Waals surface area (Å²) in [7, 11) is 0. The molecule has 0 spiro atoms. The molecule has 0 radical (unpaired) electrons. The maximum Gasteiger partial charge on any atom is 0.224 e. The predicted octanol–water partition coefficient (Wildman–Crippen LogP) is 0.948. The average Bonchev–Trinajstić information content (AvgIpc) is 2.30. The lowest BCUT2D eigenvalue weighted by atomic mass is 10.0. The SMILES string of the molecule is Nc1cc2c(cc1NCCCO)CCC(=O)N2. The molecule has 0 saturated carbocycles. The molecule has 1 amide bonds. The van der Waals surface area contributed by atoms with Crippen molar-refractivity contribution in [3.63, 3.8) is 0 Å². The molecule has 0 unspecified atom stereocenters. The van der Waals surface area contributed by atoms with Gasteiger partial charge >= 0.3 is 0 Å². The van der Waals surface area contributed by atoms with Gasteiger partial charge in [-0.1, -0.05) is 0 Å². The summed E-state index contributed by atoms with van der Waals surface area (Å²) < 4.78 is 0. The summed E-state index contributed by atoms with van der Waals surface area (Å²) in [6.45, 7) is 0.847. The monoisotopic (exact) mass is 235 g/mol. The van der Waals surface area contributed by atoms with Gasteiger partial charge in [0, 0.05) is 25.3 Å². The van der Waals surface area contributed by atoms with E-state index in [2.05, 4.69) is 10.6 Å². The quantitative estimate of drug-likeness (QED) is 0.462. The first-order valence-corrected chi connectivity index (χ1v) is 5.77. The second kappa shape index (κ2) is 5.05. The smallest absolute Gasteiger partial charge is 0.224 e. The number of benzene rings is 1. The predicted molar refractivity (Wildman–Crippen MR) is 68.0 cm³/mol. The van der Waals surface area contributed by atoms with Gasteiger partial charge in [0.2, 0.25) is 5.91 Å². The summed E-state index contributed by atoms with van der Waals surface area (Å²) in [5.41, 5.74) is 9.29. The van der Waals surface area contributed by atoms with Crippen molar-refractivity contribution in [3.05, 3.63) is 17.7 Å². The van der Waals surface area contributed by atoms with Crippen LogP contribution in [0.4, 0.5) is 17.1 Å². The van der Waals surface area contributed by atoms with Gasteiger partial charge in [0.1, 0.15) is 0 Å². The summed E-state index contributed by atoms with van der Waals surface area (Å²) in [5.74, 6) is 0.0397. The van der Waals surface area contributed by atoms with Crippen LogP contribution in [0, 0.1) is 0 Å². The summed E-state index contributed by atoms with van der Waals surface area (Å²) in [6.07, 6.45) is 1.95. The molecule has 5 heteroatoms. The fourth-order valence-corrected chi connectivity index (χ4v) is 1.90. The van der Waals surface area contributed by atoms with Gasteiger partial charge in [-0.15, -0.1) is 0 Å². The molecule has 5 nitrogen and oxygen atoms in total. The Balaban J connectivity index is 2.16. The maximum absolute atomic E-state index is 11.2. The molecule has 92 valence electrons. The largest absolute Gasteiger partial charge is 0.397 e. The topological polar surface area (TPSA) is 87.4 Å². The zero-order valence-corrected chi connectivity index (χ0v) is 9.62. The van der Waals surface area contributed by atoms with Gasteiger partial charge in [-0.05, 0) is 30.5 Å². The van der Waals surface area contributed by atoms with Crippen LogP contribution in [0.25, 0.3) is 0 Å². The zero-order chi connectivity index (χ0) is 12.3. The van der Waals surface area contributed by atoms with Crippen molar-refractivity contribution in [2.75, 3.05) is 29.5 Å². The Hall–Kier alpha value is -1.75. The van der Waals surface area contributed by atoms with Gasteiger partial charge in [0.25, 0.3) is 0 Å². The molecule has 0 aliphatic carbocycles. The number of nitrogens with one attached hydrogen (secondary N) is 2. The number of aryl methyl sites for hydroxylation is 1. The first kappa shape index (κ1) is 11.7. The molecule has 0 atom stereocenters. The molecule has 1 aromatic carbocycles. The Morgan fingerprint density at radius 3 is 3.00 bits per heavy atom. The first-order chi connectivity index (χ1) is 8.20. The molecule has 1 aliphatic heterocycles. The van der Waals surface area contributed by atoms with Crippen molar-refractivity contribution in [1.29, 1.82) is 0 Å². The molecule has 0 bridgehead atoms. The Morgan fingerprint density at radius 1 is 1.41 bits per heavy atom. The van der Waals surface area contributed by atoms with Crippen LogP contribution >= 0.6 is 0 Å². The minimum atomic E-state index is 0.0397. The first-order valence-electron chi connectivity index (χ1n) is 5.77. The van der Waals surface area contributed by atoms with Gasteiger partial charge < -0.3 is 21.5 Å². The molecule has 1 aliphatic rings. The van der Waals surface area contributed by atoms with Crippen LogP contribution in [0.15, 0.2) is 12.1 Å². The highest BCUT2D eigenvalue weighted by Crippen LogP contribution is 2.30. The molecule has 5 N–H and O–H groups in total. The van der Waals surface area contributed by atoms with E-state index in [4.69, 9.17) is 10.8 Å². The third-order valence-corrected chi connectivity index (χ3v) is 2.82. The van der Waals surface area contributed by atoms with Crippen molar-refractivity contribution in [3.8, 4) is 0 Å². The zero-order valence-electron chi connectivity index (χ0n) is 9.62. The number of anilines is 3. The number of carbonyl (C=O) groups is 1. The van der Waals surface area contributed by atoms with Crippen LogP contribution in [0.5, 0.6) is 0 Å². The fraction of sp³-hybridized carbons (Fsp3) is 0.417. The number of nitrogen functional groups attached to an aromatic ring is 1. The molecule has 1 heterocycles. The van der Waals surface area contributed by atoms with Gasteiger partial charge in [0.15, 0.2) is 0 Å². The van der Waals surface area contributed by atoms with Crippen LogP contribution in [0.2, 0.25) is 0 Å². The number of nitrogens with two attached hydrogens (primary N) is 1. The van der Waals surface area contributed by atoms with Crippen molar-refractivity contribution in [2.24, 2.45) is 0 Å². The summed E-state index contributed by atoms with van der Waals surface area (Å²) in [5, 5.41) is 14.7. The van der Waals surface area contributed by atoms with E-state index in [9.17, 15) is 4.79 Å². The van der Waals surface area contributed by atoms with Crippen molar-refractivity contribution in [2.45, 2.75) is 19.3 Å². The number of aliphatic hydroxyl groups excluding tert-OH is 1. The minimum Gasteiger partial charge on any atom is -0.397 e. The number of amides is 1. The average molecular weight is 235 g/mol. The van der Waals surface area contributed by atoms with Crippen LogP contribution in [0.3, 0.4) is 0 Å². The Bertz CT molecular complexity index is 432. The second-order valence-corrected chi connectivity index (χ2v) is 4.15. The highest BCUT2D eigenvalue weighted by Gasteiger charge is 2.16. The Morgan fingerprint density at radius 2 is 2.24 bits per heavy atom. The maximum atomic E-state index is 11.2. The van der Waals surface area contributed by atoms with Gasteiger partial charge in [-0.25, -0.2) is 0 Å². The molecular formula is C12H17N3O2. The fourth-order valence-electron chi connectivity index (χ4n) is 1.90. The van der Waals surface area contributed by atoms with E-state index >= 15 is 0 Å². The van der Waals surface area contributed by atoms with Gasteiger partial charge in [-0.3, -0.25) is 4.79 Å². The number of rotatable bonds is 4. The number of aliphatic hydroxyl groups is 1. The molecule has 0 aromatic heterocycles. The van der Waals surface area contributed by atoms with E-state index in [1.54, 1.807) is 6.07 Å². The Kier molecular flexibility index (Phi) is 3.49. The van der Waals surface area contributed by atoms with Crippen molar-refractivity contribution in [1.82, 2.24) is 0 Å². The summed E-state index contributed by atoms with van der Waals surface area (Å²) in [4.78, 5) is 11.2. The molecule has 17 heavy (non-hydrogen) atoms. The van der Waals surface area contributed by atoms with Crippen LogP contribution < -0.4 is 16.4 Å². The van der Waals surface area contributed by atoms with Crippen LogP contribution in [0.1, 0.15) is 18.4 Å². The normalized spacial score (nSPS) is 14.1. The summed E-state index contributed by atoms with van der Waals surface area (Å²) >= 11 is 0. The lowest BCUT2D eigenvalue weighted by Gasteiger charge is -2.19. The second-order valence-electron chi connectivity index (χ2n) is 4.15. The van der Waals surface area contributed by atoms with E-state index < -0.39 is 0 Å². The van der Waals surface area contributed by atoms with E-state index in [1.807, 2.05) is 6.07 Å². The Labute approximate surface area is 100 Å². The standard InChI is InChI=1S/C12H17N3O2/c13-9-7-10-8(2-3-12(17)15-10)6-11(9)14-4-1-5-16/h6-7,14,16H,1-5,13H2,(H,15,17). The van der Waals surface area contributed by atoms with Gasteiger partial charge in [-0.2, -0.15) is 0 Å². The number of hydrogen-bond acceptors (Lipinski definition) is 4. The van der Waals surface area contributed by atoms with Crippen molar-refractivity contribution >= 4 is 23.0 Å². The number of fused-ring (bicyclic) bond motifs is 1. The van der Waals surface area contributed by atoms with Crippen molar-refractivity contribution < 1.29 is 9.90 Å². The molecule has 1 aromatic rings. The highest BCUT2D eigenvalue weighted by atomic mass is 16.3. The highest BCUT2D eigenvalue weighted by molar-refractivity contribution is 5.95. The summed E-state index contributed by atoms with van der Waals surface area (Å²) in [6, 6.07) is 3.76. The number of carbonyl (C=O) groups excluding carboxylic acids is 1. The van der Waals surface area contributed by atoms with E-state index in [1.165, 1.54) is 0 Å². The minimum absolute atomic E-state index is 0.0397. The van der Waals surface area contributed by atoms with Gasteiger partial charge in [0.05, 0.1) is 11.4 Å².